The van der Waals surface area contributed by atoms with Gasteiger partial charge < -0.3 is 14.8 Å². The van der Waals surface area contributed by atoms with Crippen LogP contribution in [0.1, 0.15) is 38.8 Å². The highest BCUT2D eigenvalue weighted by atomic mass is 35.5. The number of hydrogen-bond donors (Lipinski definition) is 1. The summed E-state index contributed by atoms with van der Waals surface area (Å²) in [6, 6.07) is 14.7. The highest BCUT2D eigenvalue weighted by Crippen LogP contribution is 2.25. The fourth-order valence-corrected chi connectivity index (χ4v) is 2.61. The number of nitrogens with one attached hydrogen (secondary N) is 1. The fraction of sp³-hybridized carbons (Fsp3) is 0.350. The molecule has 0 unspecified atom stereocenters. The summed E-state index contributed by atoms with van der Waals surface area (Å²) in [5.74, 6) is 1.17. The quantitative estimate of drug-likeness (QED) is 0.736. The zero-order chi connectivity index (χ0) is 18.2. The van der Waals surface area contributed by atoms with Crippen LogP contribution in [0.4, 0.5) is 0 Å². The Morgan fingerprint density at radius 3 is 2.40 bits per heavy atom. The van der Waals surface area contributed by atoms with E-state index in [1.165, 1.54) is 0 Å². The van der Waals surface area contributed by atoms with Gasteiger partial charge >= 0.3 is 0 Å². The molecule has 5 heteroatoms. The molecular formula is C20H24ClNO3. The number of rotatable bonds is 8. The number of carbonyl (C=O) groups is 1. The summed E-state index contributed by atoms with van der Waals surface area (Å²) in [4.78, 5) is 12.5. The Balaban J connectivity index is 1.99. The Hall–Kier alpha value is -2.20. The zero-order valence-electron chi connectivity index (χ0n) is 14.8. The van der Waals surface area contributed by atoms with Crippen molar-refractivity contribution in [1.82, 2.24) is 5.32 Å². The third kappa shape index (κ3) is 5.40. The van der Waals surface area contributed by atoms with Gasteiger partial charge in [-0.3, -0.25) is 4.79 Å². The molecule has 0 bridgehead atoms. The van der Waals surface area contributed by atoms with E-state index in [-0.39, 0.29) is 11.9 Å². The van der Waals surface area contributed by atoms with E-state index >= 15 is 0 Å². The molecule has 0 aliphatic rings. The van der Waals surface area contributed by atoms with E-state index in [2.05, 4.69) is 5.32 Å². The number of ether oxygens (including phenoxy) is 2. The van der Waals surface area contributed by atoms with E-state index in [1.54, 1.807) is 12.1 Å². The van der Waals surface area contributed by atoms with Gasteiger partial charge in [0.1, 0.15) is 11.5 Å². The van der Waals surface area contributed by atoms with Gasteiger partial charge in [-0.05, 0) is 50.1 Å². The van der Waals surface area contributed by atoms with Crippen LogP contribution in [0, 0.1) is 0 Å². The lowest BCUT2D eigenvalue weighted by atomic mass is 10.1. The molecular weight excluding hydrogens is 338 g/mol. The largest absolute Gasteiger partial charge is 0.494 e. The Labute approximate surface area is 154 Å². The van der Waals surface area contributed by atoms with Crippen LogP contribution < -0.4 is 14.8 Å². The molecule has 2 rings (SSSR count). The number of hydrogen-bond acceptors (Lipinski definition) is 3. The number of carbonyl (C=O) groups excluding carboxylic acids is 1. The van der Waals surface area contributed by atoms with Crippen molar-refractivity contribution >= 4 is 17.5 Å². The molecule has 134 valence electrons. The van der Waals surface area contributed by atoms with Crippen molar-refractivity contribution in [2.75, 3.05) is 6.61 Å². The van der Waals surface area contributed by atoms with Crippen molar-refractivity contribution in [2.45, 2.75) is 39.3 Å². The van der Waals surface area contributed by atoms with Gasteiger partial charge in [-0.1, -0.05) is 42.8 Å². The van der Waals surface area contributed by atoms with E-state index in [9.17, 15) is 4.79 Å². The van der Waals surface area contributed by atoms with Crippen LogP contribution >= 0.6 is 11.6 Å². The van der Waals surface area contributed by atoms with Crippen LogP contribution in [-0.4, -0.2) is 18.6 Å². The molecule has 0 fully saturated rings. The van der Waals surface area contributed by atoms with Gasteiger partial charge in [0.25, 0.3) is 5.91 Å². The molecule has 2 aromatic rings. The molecule has 25 heavy (non-hydrogen) atoms. The third-order valence-corrected chi connectivity index (χ3v) is 4.13. The molecule has 2 aromatic carbocycles. The van der Waals surface area contributed by atoms with Crippen LogP contribution in [0.15, 0.2) is 48.5 Å². The van der Waals surface area contributed by atoms with E-state index in [1.807, 2.05) is 57.2 Å². The minimum atomic E-state index is -0.593. The second-order valence-electron chi connectivity index (χ2n) is 5.68. The molecule has 0 saturated carbocycles. The van der Waals surface area contributed by atoms with Crippen molar-refractivity contribution in [3.63, 3.8) is 0 Å². The molecule has 0 aliphatic heterocycles. The monoisotopic (exact) mass is 361 g/mol. The van der Waals surface area contributed by atoms with Crippen molar-refractivity contribution in [3.05, 3.63) is 59.1 Å². The minimum Gasteiger partial charge on any atom is -0.494 e. The summed E-state index contributed by atoms with van der Waals surface area (Å²) in [6.07, 6.45) is -0.0439. The molecule has 1 N–H and O–H groups in total. The van der Waals surface area contributed by atoms with Crippen LogP contribution in [0.25, 0.3) is 0 Å². The van der Waals surface area contributed by atoms with Gasteiger partial charge in [0.2, 0.25) is 0 Å². The summed E-state index contributed by atoms with van der Waals surface area (Å²) in [5, 5.41) is 3.48. The van der Waals surface area contributed by atoms with Gasteiger partial charge in [0.15, 0.2) is 6.10 Å². The summed E-state index contributed by atoms with van der Waals surface area (Å²) in [5.41, 5.74) is 1.00. The molecule has 0 radical (unpaired) electrons. The Kier molecular flexibility index (Phi) is 7.14. The maximum atomic E-state index is 12.5. The molecule has 0 aromatic heterocycles. The molecule has 0 spiro atoms. The standard InChI is InChI=1S/C20H24ClNO3/c1-4-18(25-19-9-7-6-8-17(19)21)20(23)22-14(3)15-10-12-16(13-11-15)24-5-2/h6-14,18H,4-5H2,1-3H3,(H,22,23)/t14-,18+/m0/s1. The minimum absolute atomic E-state index is 0.132. The first-order valence-electron chi connectivity index (χ1n) is 8.49. The topological polar surface area (TPSA) is 47.6 Å². The number of amides is 1. The first-order chi connectivity index (χ1) is 12.0. The Morgan fingerprint density at radius 2 is 1.80 bits per heavy atom. The van der Waals surface area contributed by atoms with Crippen LogP contribution in [-0.2, 0) is 4.79 Å². The van der Waals surface area contributed by atoms with E-state index < -0.39 is 6.10 Å². The van der Waals surface area contributed by atoms with Gasteiger partial charge in [-0.25, -0.2) is 0 Å². The average molecular weight is 362 g/mol. The number of para-hydroxylation sites is 1. The molecule has 0 aliphatic carbocycles. The van der Waals surface area contributed by atoms with Crippen LogP contribution in [0.3, 0.4) is 0 Å². The summed E-state index contributed by atoms with van der Waals surface area (Å²) in [7, 11) is 0. The normalized spacial score (nSPS) is 13.0. The lowest BCUT2D eigenvalue weighted by molar-refractivity contribution is -0.128. The summed E-state index contributed by atoms with van der Waals surface area (Å²) < 4.78 is 11.2. The first kappa shape index (κ1) is 19.1. The lowest BCUT2D eigenvalue weighted by Crippen LogP contribution is -2.39. The lowest BCUT2D eigenvalue weighted by Gasteiger charge is -2.21. The van der Waals surface area contributed by atoms with Crippen LogP contribution in [0.2, 0.25) is 5.02 Å². The molecule has 4 nitrogen and oxygen atoms in total. The predicted octanol–water partition coefficient (Wildman–Crippen LogP) is 4.77. The van der Waals surface area contributed by atoms with Crippen molar-refractivity contribution in [2.24, 2.45) is 0 Å². The van der Waals surface area contributed by atoms with E-state index in [4.69, 9.17) is 21.1 Å². The second-order valence-corrected chi connectivity index (χ2v) is 6.08. The Bertz CT molecular complexity index is 688. The molecule has 1 amide bonds. The third-order valence-electron chi connectivity index (χ3n) is 3.82. The smallest absolute Gasteiger partial charge is 0.261 e. The summed E-state index contributed by atoms with van der Waals surface area (Å²) >= 11 is 6.10. The average Bonchev–Trinajstić information content (AvgIpc) is 2.61. The Morgan fingerprint density at radius 1 is 1.12 bits per heavy atom. The number of benzene rings is 2. The predicted molar refractivity (Wildman–Crippen MR) is 100 cm³/mol. The van der Waals surface area contributed by atoms with Gasteiger partial charge in [-0.2, -0.15) is 0 Å². The van der Waals surface area contributed by atoms with Crippen LogP contribution in [0.5, 0.6) is 11.5 Å². The zero-order valence-corrected chi connectivity index (χ0v) is 15.5. The molecule has 2 atom stereocenters. The first-order valence-corrected chi connectivity index (χ1v) is 8.87. The van der Waals surface area contributed by atoms with E-state index in [0.717, 1.165) is 11.3 Å². The molecule has 0 saturated heterocycles. The van der Waals surface area contributed by atoms with Gasteiger partial charge in [0, 0.05) is 0 Å². The molecule has 0 heterocycles. The highest BCUT2D eigenvalue weighted by Gasteiger charge is 2.21. The SMILES string of the molecule is CCOc1ccc([C@H](C)NC(=O)[C@@H](CC)Oc2ccccc2Cl)cc1. The van der Waals surface area contributed by atoms with E-state index in [0.29, 0.717) is 23.8 Å². The fourth-order valence-electron chi connectivity index (χ4n) is 2.42. The van der Waals surface area contributed by atoms with Crippen molar-refractivity contribution in [1.29, 1.82) is 0 Å². The maximum Gasteiger partial charge on any atom is 0.261 e. The second kappa shape index (κ2) is 9.33. The summed E-state index contributed by atoms with van der Waals surface area (Å²) in [6.45, 7) is 6.42. The number of halogens is 1. The highest BCUT2D eigenvalue weighted by molar-refractivity contribution is 6.32. The van der Waals surface area contributed by atoms with Gasteiger partial charge in [0.05, 0.1) is 17.7 Å². The van der Waals surface area contributed by atoms with Gasteiger partial charge in [-0.15, -0.1) is 0 Å². The van der Waals surface area contributed by atoms with Crippen molar-refractivity contribution < 1.29 is 14.3 Å². The van der Waals surface area contributed by atoms with Crippen molar-refractivity contribution in [3.8, 4) is 11.5 Å². The maximum absolute atomic E-state index is 12.5.